The molecule has 0 radical (unpaired) electrons. The number of nitrogens with one attached hydrogen (secondary N) is 3. The number of amides is 1. The third-order valence-corrected chi connectivity index (χ3v) is 5.16. The second kappa shape index (κ2) is 9.25. The highest BCUT2D eigenvalue weighted by molar-refractivity contribution is 7.89. The highest BCUT2D eigenvalue weighted by Gasteiger charge is 2.34. The first-order valence-electron chi connectivity index (χ1n) is 7.60. The van der Waals surface area contributed by atoms with Gasteiger partial charge in [-0.15, -0.1) is 0 Å². The van der Waals surface area contributed by atoms with E-state index in [1.54, 1.807) is 30.3 Å². The molecule has 1 amide bonds. The molecule has 0 fully saturated rings. The zero-order chi connectivity index (χ0) is 20.9. The summed E-state index contributed by atoms with van der Waals surface area (Å²) in [4.78, 5) is 12.3. The molecule has 0 bridgehead atoms. The van der Waals surface area contributed by atoms with E-state index in [1.807, 2.05) is 0 Å². The van der Waals surface area contributed by atoms with Crippen LogP contribution in [0.2, 0.25) is 0 Å². The minimum absolute atomic E-state index is 0.0352. The first-order chi connectivity index (χ1) is 13.0. The molecule has 0 aromatic heterocycles. The van der Waals surface area contributed by atoms with Crippen molar-refractivity contribution in [2.45, 2.75) is 14.9 Å². The van der Waals surface area contributed by atoms with Crippen molar-refractivity contribution in [3.8, 4) is 0 Å². The number of anilines is 1. The van der Waals surface area contributed by atoms with E-state index < -0.39 is 25.9 Å². The van der Waals surface area contributed by atoms with Crippen molar-refractivity contribution in [1.82, 2.24) is 10.6 Å². The number of thiocarbonyl (C=S) groups is 1. The van der Waals surface area contributed by atoms with Crippen LogP contribution in [0.5, 0.6) is 0 Å². The standard InChI is InChI=1S/C16H15Cl3N4O3S2/c17-16(18,19)14(22-13(24)10-4-2-1-3-5-10)23-15(27)21-11-6-8-12(9-7-11)28(20,25)26/h1-9,14H,(H,22,24)(H2,20,25,26)(H2,21,23,27)/t14-/m0/s1. The van der Waals surface area contributed by atoms with Gasteiger partial charge in [0.1, 0.15) is 6.17 Å². The number of primary sulfonamides is 1. The van der Waals surface area contributed by atoms with Gasteiger partial charge in [0.2, 0.25) is 13.8 Å². The van der Waals surface area contributed by atoms with Crippen LogP contribution in [-0.2, 0) is 10.0 Å². The lowest BCUT2D eigenvalue weighted by atomic mass is 10.2. The predicted molar refractivity (Wildman–Crippen MR) is 115 cm³/mol. The van der Waals surface area contributed by atoms with Crippen molar-refractivity contribution in [1.29, 1.82) is 0 Å². The van der Waals surface area contributed by atoms with Crippen molar-refractivity contribution in [3.05, 3.63) is 60.2 Å². The topological polar surface area (TPSA) is 113 Å². The normalized spacial score (nSPS) is 12.7. The molecule has 1 atom stereocenters. The van der Waals surface area contributed by atoms with Crippen LogP contribution in [0.4, 0.5) is 5.69 Å². The van der Waals surface area contributed by atoms with Crippen LogP contribution in [0.25, 0.3) is 0 Å². The number of carbonyl (C=O) groups is 1. The van der Waals surface area contributed by atoms with E-state index in [-0.39, 0.29) is 10.0 Å². The summed E-state index contributed by atoms with van der Waals surface area (Å²) in [7, 11) is -3.80. The second-order valence-electron chi connectivity index (χ2n) is 5.48. The molecule has 7 nitrogen and oxygen atoms in total. The molecule has 150 valence electrons. The van der Waals surface area contributed by atoms with Crippen LogP contribution in [-0.4, -0.2) is 29.4 Å². The number of rotatable bonds is 5. The molecule has 12 heteroatoms. The number of benzene rings is 2. The van der Waals surface area contributed by atoms with E-state index in [9.17, 15) is 13.2 Å². The van der Waals surface area contributed by atoms with Gasteiger partial charge < -0.3 is 16.0 Å². The number of nitrogens with two attached hydrogens (primary N) is 1. The van der Waals surface area contributed by atoms with Gasteiger partial charge in [-0.3, -0.25) is 4.79 Å². The quantitative estimate of drug-likeness (QED) is 0.297. The third kappa shape index (κ3) is 6.77. The molecular formula is C16H15Cl3N4O3S2. The van der Waals surface area contributed by atoms with Crippen molar-refractivity contribution in [2.75, 3.05) is 5.32 Å². The predicted octanol–water partition coefficient (Wildman–Crippen LogP) is 2.75. The molecule has 0 aliphatic rings. The summed E-state index contributed by atoms with van der Waals surface area (Å²) in [6.45, 7) is 0. The first-order valence-corrected chi connectivity index (χ1v) is 10.7. The van der Waals surface area contributed by atoms with Crippen molar-refractivity contribution in [3.63, 3.8) is 0 Å². The van der Waals surface area contributed by atoms with E-state index >= 15 is 0 Å². The molecule has 0 heterocycles. The van der Waals surface area contributed by atoms with Gasteiger partial charge in [0.25, 0.3) is 5.91 Å². The third-order valence-electron chi connectivity index (χ3n) is 3.35. The van der Waals surface area contributed by atoms with Gasteiger partial charge in [-0.25, -0.2) is 13.6 Å². The number of carbonyl (C=O) groups excluding carboxylic acids is 1. The summed E-state index contributed by atoms with van der Waals surface area (Å²) in [6.07, 6.45) is -1.14. The number of hydrogen-bond donors (Lipinski definition) is 4. The average molecular weight is 482 g/mol. The molecule has 5 N–H and O–H groups in total. The molecule has 2 aromatic rings. The fourth-order valence-electron chi connectivity index (χ4n) is 2.03. The van der Waals surface area contributed by atoms with E-state index in [1.165, 1.54) is 24.3 Å². The zero-order valence-corrected chi connectivity index (χ0v) is 17.9. The molecule has 0 unspecified atom stereocenters. The maximum absolute atomic E-state index is 12.3. The first kappa shape index (κ1) is 22.7. The monoisotopic (exact) mass is 480 g/mol. The van der Waals surface area contributed by atoms with E-state index in [0.717, 1.165) is 0 Å². The number of sulfonamides is 1. The lowest BCUT2D eigenvalue weighted by Crippen LogP contribution is -2.56. The van der Waals surface area contributed by atoms with Gasteiger partial charge in [-0.2, -0.15) is 0 Å². The van der Waals surface area contributed by atoms with Gasteiger partial charge in [0.05, 0.1) is 4.90 Å². The summed E-state index contributed by atoms with van der Waals surface area (Å²) >= 11 is 23.0. The van der Waals surface area contributed by atoms with Gasteiger partial charge in [-0.1, -0.05) is 53.0 Å². The fraction of sp³-hybridized carbons (Fsp3) is 0.125. The van der Waals surface area contributed by atoms with Gasteiger partial charge in [0.15, 0.2) is 5.11 Å². The van der Waals surface area contributed by atoms with E-state index in [2.05, 4.69) is 16.0 Å². The Kier molecular flexibility index (Phi) is 7.49. The fourth-order valence-corrected chi connectivity index (χ4v) is 3.11. The zero-order valence-electron chi connectivity index (χ0n) is 14.0. The summed E-state index contributed by atoms with van der Waals surface area (Å²) < 4.78 is 20.6. The van der Waals surface area contributed by atoms with Gasteiger partial charge >= 0.3 is 0 Å². The highest BCUT2D eigenvalue weighted by Crippen LogP contribution is 2.29. The van der Waals surface area contributed by atoms with Crippen LogP contribution < -0.4 is 21.1 Å². The molecule has 0 aliphatic carbocycles. The Labute approximate surface area is 182 Å². The SMILES string of the molecule is NS(=O)(=O)c1ccc(NC(=S)N[C@H](NC(=O)c2ccccc2)C(Cl)(Cl)Cl)cc1. The largest absolute Gasteiger partial charge is 0.339 e. The van der Waals surface area contributed by atoms with Crippen LogP contribution in [0, 0.1) is 0 Å². The Bertz CT molecular complexity index is 949. The summed E-state index contributed by atoms with van der Waals surface area (Å²) in [5.74, 6) is -0.468. The number of alkyl halides is 3. The molecule has 0 aliphatic heterocycles. The number of hydrogen-bond acceptors (Lipinski definition) is 4. The lowest BCUT2D eigenvalue weighted by molar-refractivity contribution is 0.0934. The van der Waals surface area contributed by atoms with Crippen LogP contribution in [0.15, 0.2) is 59.5 Å². The van der Waals surface area contributed by atoms with Crippen LogP contribution >= 0.6 is 47.0 Å². The highest BCUT2D eigenvalue weighted by atomic mass is 35.6. The van der Waals surface area contributed by atoms with Gasteiger partial charge in [0, 0.05) is 11.3 Å². The van der Waals surface area contributed by atoms with E-state index in [0.29, 0.717) is 11.3 Å². The molecule has 0 spiro atoms. The molecule has 2 aromatic carbocycles. The minimum Gasteiger partial charge on any atom is -0.339 e. The lowest BCUT2D eigenvalue weighted by Gasteiger charge is -2.27. The maximum atomic E-state index is 12.3. The minimum atomic E-state index is -3.80. The molecule has 2 rings (SSSR count). The number of halogens is 3. The second-order valence-corrected chi connectivity index (χ2v) is 9.82. The smallest absolute Gasteiger partial charge is 0.252 e. The van der Waals surface area contributed by atoms with Gasteiger partial charge in [-0.05, 0) is 48.6 Å². The Morgan fingerprint density at radius 1 is 1.00 bits per heavy atom. The maximum Gasteiger partial charge on any atom is 0.252 e. The summed E-state index contributed by atoms with van der Waals surface area (Å²) in [5, 5.41) is 13.1. The van der Waals surface area contributed by atoms with Crippen molar-refractivity contribution < 1.29 is 13.2 Å². The Morgan fingerprint density at radius 3 is 2.07 bits per heavy atom. The van der Waals surface area contributed by atoms with E-state index in [4.69, 9.17) is 52.2 Å². The average Bonchev–Trinajstić information content (AvgIpc) is 2.60. The Morgan fingerprint density at radius 2 is 1.57 bits per heavy atom. The summed E-state index contributed by atoms with van der Waals surface area (Å²) in [6, 6.07) is 13.9. The van der Waals surface area contributed by atoms with Crippen LogP contribution in [0.1, 0.15) is 10.4 Å². The van der Waals surface area contributed by atoms with Crippen molar-refractivity contribution >= 4 is 73.8 Å². The van der Waals surface area contributed by atoms with Crippen molar-refractivity contribution in [2.24, 2.45) is 5.14 Å². The summed E-state index contributed by atoms with van der Waals surface area (Å²) in [5.41, 5.74) is 0.836. The Balaban J connectivity index is 2.06. The molecular weight excluding hydrogens is 467 g/mol. The molecule has 28 heavy (non-hydrogen) atoms. The van der Waals surface area contributed by atoms with Crippen LogP contribution in [0.3, 0.4) is 0 Å². The molecule has 0 saturated heterocycles. The molecule has 0 saturated carbocycles. The Hall–Kier alpha value is -1.62.